The van der Waals surface area contributed by atoms with Crippen molar-refractivity contribution >= 4 is 33.2 Å². The predicted octanol–water partition coefficient (Wildman–Crippen LogP) is 9.68. The summed E-state index contributed by atoms with van der Waals surface area (Å²) in [6.45, 7) is 16.3. The molecule has 7 rings (SSSR count). The van der Waals surface area contributed by atoms with Crippen LogP contribution in [0.25, 0.3) is 71.1 Å². The van der Waals surface area contributed by atoms with Crippen LogP contribution in [0.4, 0.5) is 11.4 Å². The second kappa shape index (κ2) is 9.93. The molecule has 0 spiro atoms. The second-order valence-electron chi connectivity index (χ2n) is 9.65. The third-order valence-electron chi connectivity index (χ3n) is 7.24. The van der Waals surface area contributed by atoms with E-state index in [0.717, 1.165) is 38.6 Å². The van der Waals surface area contributed by atoms with Crippen molar-refractivity contribution in [3.8, 4) is 39.6 Å². The van der Waals surface area contributed by atoms with Gasteiger partial charge in [0.05, 0.1) is 41.3 Å². The van der Waals surface area contributed by atoms with Gasteiger partial charge in [0.1, 0.15) is 0 Å². The van der Waals surface area contributed by atoms with Crippen molar-refractivity contribution in [3.63, 3.8) is 0 Å². The van der Waals surface area contributed by atoms with Gasteiger partial charge in [0.2, 0.25) is 11.4 Å². The number of fused-ring (bicyclic) bond motifs is 3. The highest BCUT2D eigenvalue weighted by Crippen LogP contribution is 2.43. The molecule has 0 saturated heterocycles. The van der Waals surface area contributed by atoms with Gasteiger partial charge in [-0.2, -0.15) is 0 Å². The normalized spacial score (nSPS) is 10.9. The topological polar surface area (TPSA) is 39.4 Å². The number of aromatic nitrogens is 3. The molecule has 0 unspecified atom stereocenters. The molecule has 0 bridgehead atoms. The van der Waals surface area contributed by atoms with Crippen LogP contribution in [0.15, 0.2) is 127 Å². The SMILES string of the molecule is [C-]#[N+]c1cc(-c2cc(-c3ccccc3)nc(-c3ccccc3)n2)cc([N+]#[C-])c1-n1c2ccccc2c2ccccc21. The predicted molar refractivity (Wildman–Crippen MR) is 165 cm³/mol. The van der Waals surface area contributed by atoms with Gasteiger partial charge in [0, 0.05) is 21.9 Å². The molecule has 0 aliphatic heterocycles. The lowest BCUT2D eigenvalue weighted by Crippen LogP contribution is -1.98. The molecule has 7 aromatic rings. The third kappa shape index (κ3) is 4.10. The zero-order valence-corrected chi connectivity index (χ0v) is 21.9. The minimum Gasteiger partial charge on any atom is -0.329 e. The van der Waals surface area contributed by atoms with Gasteiger partial charge in [-0.25, -0.2) is 19.7 Å². The summed E-state index contributed by atoms with van der Waals surface area (Å²) in [6.07, 6.45) is 0. The standard InChI is InChI=1S/C36H21N5/c1-37-31-21-26(30-23-29(24-13-5-3-6-14-24)39-36(40-30)25-15-7-4-8-16-25)22-32(38-2)35(31)41-33-19-11-9-17-27(33)28-18-10-12-20-34(28)41/h3-23H. The smallest absolute Gasteiger partial charge is 0.200 e. The summed E-state index contributed by atoms with van der Waals surface area (Å²) in [7, 11) is 0. The van der Waals surface area contributed by atoms with Crippen LogP contribution in [-0.4, -0.2) is 14.5 Å². The van der Waals surface area contributed by atoms with E-state index in [1.807, 2.05) is 120 Å². The van der Waals surface area contributed by atoms with Crippen LogP contribution in [-0.2, 0) is 0 Å². The van der Waals surface area contributed by atoms with Crippen LogP contribution in [0.5, 0.6) is 0 Å². The first-order valence-corrected chi connectivity index (χ1v) is 13.2. The summed E-state index contributed by atoms with van der Waals surface area (Å²) in [5.74, 6) is 0.585. The van der Waals surface area contributed by atoms with E-state index >= 15 is 0 Å². The molecule has 5 heteroatoms. The van der Waals surface area contributed by atoms with E-state index in [1.54, 1.807) is 0 Å². The Kier molecular flexibility index (Phi) is 5.82. The molecular formula is C36H21N5. The van der Waals surface area contributed by atoms with Crippen molar-refractivity contribution in [3.05, 3.63) is 150 Å². The maximum atomic E-state index is 8.16. The number of hydrogen-bond acceptors (Lipinski definition) is 2. The van der Waals surface area contributed by atoms with Crippen molar-refractivity contribution in [1.82, 2.24) is 14.5 Å². The van der Waals surface area contributed by atoms with Crippen molar-refractivity contribution in [2.24, 2.45) is 0 Å². The van der Waals surface area contributed by atoms with Gasteiger partial charge < -0.3 is 4.57 Å². The van der Waals surface area contributed by atoms with Crippen LogP contribution in [0.1, 0.15) is 0 Å². The highest BCUT2D eigenvalue weighted by atomic mass is 15.0. The first-order chi connectivity index (χ1) is 20.2. The van der Waals surface area contributed by atoms with Gasteiger partial charge in [-0.3, -0.25) is 0 Å². The Hall–Kier alpha value is -6.04. The summed E-state index contributed by atoms with van der Waals surface area (Å²) in [5.41, 5.74) is 7.25. The molecule has 0 radical (unpaired) electrons. The third-order valence-corrected chi connectivity index (χ3v) is 7.24. The zero-order chi connectivity index (χ0) is 27.8. The van der Waals surface area contributed by atoms with Crippen LogP contribution in [0, 0.1) is 13.1 Å². The van der Waals surface area contributed by atoms with Gasteiger partial charge in [-0.1, -0.05) is 97.1 Å². The molecule has 190 valence electrons. The lowest BCUT2D eigenvalue weighted by atomic mass is 10.0. The van der Waals surface area contributed by atoms with E-state index in [0.29, 0.717) is 34.1 Å². The van der Waals surface area contributed by atoms with Crippen LogP contribution >= 0.6 is 0 Å². The van der Waals surface area contributed by atoms with Gasteiger partial charge >= 0.3 is 0 Å². The minimum atomic E-state index is 0.390. The fourth-order valence-electron chi connectivity index (χ4n) is 5.38. The lowest BCUT2D eigenvalue weighted by Gasteiger charge is -2.15. The summed E-state index contributed by atoms with van der Waals surface area (Å²) < 4.78 is 2.04. The summed E-state index contributed by atoms with van der Waals surface area (Å²) in [4.78, 5) is 17.7. The summed E-state index contributed by atoms with van der Waals surface area (Å²) in [5, 5.41) is 2.16. The molecule has 5 nitrogen and oxygen atoms in total. The molecule has 0 saturated carbocycles. The van der Waals surface area contributed by atoms with Crippen LogP contribution in [0.3, 0.4) is 0 Å². The van der Waals surface area contributed by atoms with Crippen LogP contribution in [0.2, 0.25) is 0 Å². The summed E-state index contributed by atoms with van der Waals surface area (Å²) >= 11 is 0. The first-order valence-electron chi connectivity index (χ1n) is 13.2. The Morgan fingerprint density at radius 1 is 0.488 bits per heavy atom. The second-order valence-corrected chi connectivity index (χ2v) is 9.65. The first kappa shape index (κ1) is 24.0. The maximum Gasteiger partial charge on any atom is 0.200 e. The molecule has 0 amide bonds. The summed E-state index contributed by atoms with van der Waals surface area (Å²) in [6, 6.07) is 41.6. The van der Waals surface area contributed by atoms with Gasteiger partial charge in [0.15, 0.2) is 5.82 Å². The molecule has 0 aliphatic carbocycles. The van der Waals surface area contributed by atoms with Crippen molar-refractivity contribution < 1.29 is 0 Å². The van der Waals surface area contributed by atoms with Gasteiger partial charge in [-0.15, -0.1) is 0 Å². The largest absolute Gasteiger partial charge is 0.329 e. The Labute approximate surface area is 237 Å². The molecule has 2 heterocycles. The maximum absolute atomic E-state index is 8.16. The Balaban J connectivity index is 1.49. The van der Waals surface area contributed by atoms with Crippen LogP contribution < -0.4 is 0 Å². The van der Waals surface area contributed by atoms with E-state index in [2.05, 4.69) is 21.8 Å². The molecule has 0 N–H and O–H groups in total. The highest BCUT2D eigenvalue weighted by Gasteiger charge is 2.20. The molecule has 2 aromatic heterocycles. The van der Waals surface area contributed by atoms with Crippen molar-refractivity contribution in [2.75, 3.05) is 0 Å². The Morgan fingerprint density at radius 2 is 0.951 bits per heavy atom. The Bertz CT molecular complexity index is 2020. The lowest BCUT2D eigenvalue weighted by molar-refractivity contribution is 1.18. The number of nitrogens with zero attached hydrogens (tertiary/aromatic N) is 5. The highest BCUT2D eigenvalue weighted by molar-refractivity contribution is 6.10. The number of para-hydroxylation sites is 2. The van der Waals surface area contributed by atoms with E-state index < -0.39 is 0 Å². The fraction of sp³-hybridized carbons (Fsp3) is 0. The van der Waals surface area contributed by atoms with Gasteiger partial charge in [-0.05, 0) is 35.9 Å². The number of hydrogen-bond donors (Lipinski definition) is 0. The van der Waals surface area contributed by atoms with Gasteiger partial charge in [0.25, 0.3) is 0 Å². The quantitative estimate of drug-likeness (QED) is 0.215. The molecule has 0 fully saturated rings. The van der Waals surface area contributed by atoms with E-state index in [4.69, 9.17) is 23.1 Å². The van der Waals surface area contributed by atoms with Crippen molar-refractivity contribution in [1.29, 1.82) is 0 Å². The average molecular weight is 524 g/mol. The molecule has 0 atom stereocenters. The zero-order valence-electron chi connectivity index (χ0n) is 21.9. The fourth-order valence-corrected chi connectivity index (χ4v) is 5.38. The van der Waals surface area contributed by atoms with E-state index in [1.165, 1.54) is 0 Å². The molecule has 5 aromatic carbocycles. The monoisotopic (exact) mass is 523 g/mol. The molecular weight excluding hydrogens is 502 g/mol. The van der Waals surface area contributed by atoms with E-state index in [9.17, 15) is 0 Å². The minimum absolute atomic E-state index is 0.390. The number of benzene rings is 5. The average Bonchev–Trinajstić information content (AvgIpc) is 3.38. The number of rotatable bonds is 4. The van der Waals surface area contributed by atoms with Crippen molar-refractivity contribution in [2.45, 2.75) is 0 Å². The Morgan fingerprint density at radius 3 is 1.49 bits per heavy atom. The molecule has 0 aliphatic rings. The molecule has 41 heavy (non-hydrogen) atoms. The van der Waals surface area contributed by atoms with E-state index in [-0.39, 0.29) is 0 Å².